The van der Waals surface area contributed by atoms with Crippen molar-refractivity contribution in [1.82, 2.24) is 10.2 Å². The molecule has 0 heterocycles. The third-order valence-electron chi connectivity index (χ3n) is 5.20. The molecule has 0 bridgehead atoms. The number of halogens is 1. The maximum atomic E-state index is 13.2. The lowest BCUT2D eigenvalue weighted by Crippen LogP contribution is -2.50. The number of nitrogens with zero attached hydrogens (tertiary/aromatic N) is 1. The third-order valence-corrected chi connectivity index (χ3v) is 5.56. The van der Waals surface area contributed by atoms with Gasteiger partial charge in [0.2, 0.25) is 5.91 Å². The zero-order valence-electron chi connectivity index (χ0n) is 18.9. The van der Waals surface area contributed by atoms with E-state index in [-0.39, 0.29) is 25.0 Å². The number of unbranched alkanes of at least 4 members (excludes halogenated alkanes) is 1. The van der Waals surface area contributed by atoms with Crippen LogP contribution in [0.2, 0.25) is 5.02 Å². The van der Waals surface area contributed by atoms with E-state index in [1.165, 1.54) is 0 Å². The molecule has 6 heteroatoms. The van der Waals surface area contributed by atoms with Crippen molar-refractivity contribution in [3.63, 3.8) is 0 Å². The maximum Gasteiger partial charge on any atom is 0.261 e. The molecule has 0 saturated carbocycles. The Hall–Kier alpha value is -2.53. The SMILES string of the molecule is CCCCNC(=O)[C@@H](CC)N(Cc1ccccc1Cl)C(=O)COc1ccc(C)cc1C. The van der Waals surface area contributed by atoms with E-state index in [1.54, 1.807) is 11.0 Å². The second-order valence-electron chi connectivity index (χ2n) is 7.74. The molecule has 31 heavy (non-hydrogen) atoms. The second kappa shape index (κ2) is 12.4. The van der Waals surface area contributed by atoms with Gasteiger partial charge in [-0.1, -0.05) is 67.8 Å². The van der Waals surface area contributed by atoms with E-state index < -0.39 is 6.04 Å². The van der Waals surface area contributed by atoms with Crippen LogP contribution in [0, 0.1) is 13.8 Å². The number of nitrogens with one attached hydrogen (secondary N) is 1. The second-order valence-corrected chi connectivity index (χ2v) is 8.15. The minimum atomic E-state index is -0.594. The van der Waals surface area contributed by atoms with Gasteiger partial charge in [0.05, 0.1) is 0 Å². The minimum absolute atomic E-state index is 0.146. The Labute approximate surface area is 190 Å². The molecule has 0 unspecified atom stereocenters. The van der Waals surface area contributed by atoms with Crippen LogP contribution in [0.25, 0.3) is 0 Å². The summed E-state index contributed by atoms with van der Waals surface area (Å²) in [5.41, 5.74) is 2.89. The van der Waals surface area contributed by atoms with Gasteiger partial charge in [-0.15, -0.1) is 0 Å². The first-order valence-corrected chi connectivity index (χ1v) is 11.3. The molecule has 0 aliphatic rings. The van der Waals surface area contributed by atoms with Gasteiger partial charge in [0.15, 0.2) is 6.61 Å². The largest absolute Gasteiger partial charge is 0.483 e. The fraction of sp³-hybridized carbons (Fsp3) is 0.440. The normalized spacial score (nSPS) is 11.6. The summed E-state index contributed by atoms with van der Waals surface area (Å²) < 4.78 is 5.82. The summed E-state index contributed by atoms with van der Waals surface area (Å²) >= 11 is 6.34. The van der Waals surface area contributed by atoms with Crippen molar-refractivity contribution in [2.45, 2.75) is 59.5 Å². The van der Waals surface area contributed by atoms with Crippen molar-refractivity contribution in [1.29, 1.82) is 0 Å². The predicted molar refractivity (Wildman–Crippen MR) is 125 cm³/mol. The lowest BCUT2D eigenvalue weighted by molar-refractivity contribution is -0.143. The maximum absolute atomic E-state index is 13.2. The highest BCUT2D eigenvalue weighted by Gasteiger charge is 2.29. The van der Waals surface area contributed by atoms with Crippen LogP contribution in [0.5, 0.6) is 5.75 Å². The molecule has 0 aliphatic heterocycles. The highest BCUT2D eigenvalue weighted by atomic mass is 35.5. The molecule has 1 atom stereocenters. The highest BCUT2D eigenvalue weighted by Crippen LogP contribution is 2.21. The van der Waals surface area contributed by atoms with Crippen LogP contribution in [-0.2, 0) is 16.1 Å². The number of rotatable bonds is 11. The Bertz CT molecular complexity index is 885. The molecular formula is C25H33ClN2O3. The van der Waals surface area contributed by atoms with Gasteiger partial charge in [0.25, 0.3) is 5.91 Å². The molecule has 0 aromatic heterocycles. The smallest absolute Gasteiger partial charge is 0.261 e. The summed E-state index contributed by atoms with van der Waals surface area (Å²) in [6, 6.07) is 12.6. The van der Waals surface area contributed by atoms with Crippen LogP contribution >= 0.6 is 11.6 Å². The van der Waals surface area contributed by atoms with Crippen molar-refractivity contribution in [3.05, 3.63) is 64.2 Å². The first-order valence-electron chi connectivity index (χ1n) is 10.9. The Morgan fingerprint density at radius 1 is 1.13 bits per heavy atom. The molecule has 2 aromatic rings. The Morgan fingerprint density at radius 3 is 2.52 bits per heavy atom. The fourth-order valence-electron chi connectivity index (χ4n) is 3.42. The topological polar surface area (TPSA) is 58.6 Å². The van der Waals surface area contributed by atoms with Gasteiger partial charge in [0.1, 0.15) is 11.8 Å². The van der Waals surface area contributed by atoms with Crippen LogP contribution in [0.1, 0.15) is 49.8 Å². The van der Waals surface area contributed by atoms with Crippen molar-refractivity contribution in [2.24, 2.45) is 0 Å². The molecule has 2 amide bonds. The van der Waals surface area contributed by atoms with E-state index in [2.05, 4.69) is 12.2 Å². The molecule has 0 radical (unpaired) electrons. The van der Waals surface area contributed by atoms with E-state index in [4.69, 9.17) is 16.3 Å². The minimum Gasteiger partial charge on any atom is -0.483 e. The number of aryl methyl sites for hydroxylation is 2. The molecule has 0 spiro atoms. The summed E-state index contributed by atoms with van der Waals surface area (Å²) in [5.74, 6) is 0.261. The average Bonchev–Trinajstić information content (AvgIpc) is 2.74. The Kier molecular flexibility index (Phi) is 9.86. The van der Waals surface area contributed by atoms with Gasteiger partial charge in [-0.25, -0.2) is 0 Å². The number of benzene rings is 2. The third kappa shape index (κ3) is 7.28. The molecule has 0 fully saturated rings. The molecule has 0 aliphatic carbocycles. The molecule has 5 nitrogen and oxygen atoms in total. The number of hydrogen-bond acceptors (Lipinski definition) is 3. The van der Waals surface area contributed by atoms with Crippen molar-refractivity contribution in [2.75, 3.05) is 13.2 Å². The summed E-state index contributed by atoms with van der Waals surface area (Å²) in [6.45, 7) is 8.63. The zero-order valence-corrected chi connectivity index (χ0v) is 19.7. The molecule has 2 aromatic carbocycles. The average molecular weight is 445 g/mol. The van der Waals surface area contributed by atoms with Crippen molar-refractivity contribution < 1.29 is 14.3 Å². The van der Waals surface area contributed by atoms with Gasteiger partial charge >= 0.3 is 0 Å². The number of ether oxygens (including phenoxy) is 1. The molecular weight excluding hydrogens is 412 g/mol. The Morgan fingerprint density at radius 2 is 1.87 bits per heavy atom. The number of hydrogen-bond donors (Lipinski definition) is 1. The lowest BCUT2D eigenvalue weighted by atomic mass is 10.1. The van der Waals surface area contributed by atoms with Crippen LogP contribution in [0.3, 0.4) is 0 Å². The summed E-state index contributed by atoms with van der Waals surface area (Å²) in [4.78, 5) is 27.7. The van der Waals surface area contributed by atoms with Crippen molar-refractivity contribution >= 4 is 23.4 Å². The highest BCUT2D eigenvalue weighted by molar-refractivity contribution is 6.31. The van der Waals surface area contributed by atoms with Gasteiger partial charge in [-0.05, 0) is 49.9 Å². The molecule has 2 rings (SSSR count). The number of carbonyl (C=O) groups is 2. The number of amides is 2. The lowest BCUT2D eigenvalue weighted by Gasteiger charge is -2.31. The van der Waals surface area contributed by atoms with E-state index in [1.807, 2.05) is 57.2 Å². The quantitative estimate of drug-likeness (QED) is 0.493. The van der Waals surface area contributed by atoms with Gasteiger partial charge in [-0.2, -0.15) is 0 Å². The predicted octanol–water partition coefficient (Wildman–Crippen LogP) is 5.06. The van der Waals surface area contributed by atoms with Crippen LogP contribution in [0.4, 0.5) is 0 Å². The monoisotopic (exact) mass is 444 g/mol. The first kappa shape index (κ1) is 24.7. The van der Waals surface area contributed by atoms with Crippen molar-refractivity contribution in [3.8, 4) is 5.75 Å². The zero-order chi connectivity index (χ0) is 22.8. The molecule has 1 N–H and O–H groups in total. The van der Waals surface area contributed by atoms with Gasteiger partial charge < -0.3 is 15.0 Å². The Balaban J connectivity index is 2.21. The van der Waals surface area contributed by atoms with E-state index >= 15 is 0 Å². The fourth-order valence-corrected chi connectivity index (χ4v) is 3.61. The summed E-state index contributed by atoms with van der Waals surface area (Å²) in [5, 5.41) is 3.52. The summed E-state index contributed by atoms with van der Waals surface area (Å²) in [7, 11) is 0. The van der Waals surface area contributed by atoms with E-state index in [9.17, 15) is 9.59 Å². The molecule has 0 saturated heterocycles. The standard InChI is InChI=1S/C25H33ClN2O3/c1-5-7-14-27-25(30)22(6-2)28(16-20-10-8-9-11-21(20)26)24(29)17-31-23-13-12-18(3)15-19(23)4/h8-13,15,22H,5-7,14,16-17H2,1-4H3,(H,27,30)/t22-/m1/s1. The number of carbonyl (C=O) groups excluding carboxylic acids is 2. The van der Waals surface area contributed by atoms with Crippen LogP contribution in [-0.4, -0.2) is 35.9 Å². The van der Waals surface area contributed by atoms with Gasteiger partial charge in [0, 0.05) is 18.1 Å². The van der Waals surface area contributed by atoms with Crippen LogP contribution in [0.15, 0.2) is 42.5 Å². The van der Waals surface area contributed by atoms with Crippen LogP contribution < -0.4 is 10.1 Å². The van der Waals surface area contributed by atoms with E-state index in [0.29, 0.717) is 23.7 Å². The molecule has 168 valence electrons. The first-order chi connectivity index (χ1) is 14.9. The van der Waals surface area contributed by atoms with Gasteiger partial charge in [-0.3, -0.25) is 9.59 Å². The van der Waals surface area contributed by atoms with E-state index in [0.717, 1.165) is 29.5 Å². The summed E-state index contributed by atoms with van der Waals surface area (Å²) in [6.07, 6.45) is 2.39.